The molecule has 0 unspecified atom stereocenters. The minimum absolute atomic E-state index is 0.292. The number of primary amides is 1. The SMILES string of the molecule is NC(=O)c1cccc2c(-c3nc(NCc4ccccc4)c4[n+](n3)CCCCO4)onc12. The molecule has 1 aliphatic heterocycles. The van der Waals surface area contributed by atoms with Gasteiger partial charge in [0.25, 0.3) is 11.7 Å². The number of carbonyl (C=O) groups is 1. The van der Waals surface area contributed by atoms with E-state index in [4.69, 9.17) is 20.0 Å². The van der Waals surface area contributed by atoms with E-state index in [9.17, 15) is 4.79 Å². The van der Waals surface area contributed by atoms with Crippen LogP contribution in [0.25, 0.3) is 22.5 Å². The van der Waals surface area contributed by atoms with Gasteiger partial charge in [-0.05, 0) is 28.8 Å². The van der Waals surface area contributed by atoms with Gasteiger partial charge in [0.2, 0.25) is 11.6 Å². The second kappa shape index (κ2) is 8.02. The normalized spacial score (nSPS) is 13.3. The summed E-state index contributed by atoms with van der Waals surface area (Å²) in [5.74, 6) is 1.33. The van der Waals surface area contributed by atoms with Crippen LogP contribution in [0.5, 0.6) is 5.88 Å². The van der Waals surface area contributed by atoms with Gasteiger partial charge in [0, 0.05) is 18.1 Å². The zero-order chi connectivity index (χ0) is 21.2. The number of nitrogens with zero attached hydrogens (tertiary/aromatic N) is 4. The van der Waals surface area contributed by atoms with Crippen LogP contribution < -0.4 is 20.5 Å². The predicted molar refractivity (Wildman–Crippen MR) is 112 cm³/mol. The third-order valence-corrected chi connectivity index (χ3v) is 5.15. The molecule has 9 heteroatoms. The second-order valence-electron chi connectivity index (χ2n) is 7.28. The molecule has 156 valence electrons. The Morgan fingerprint density at radius 3 is 2.84 bits per heavy atom. The summed E-state index contributed by atoms with van der Waals surface area (Å²) in [6.07, 6.45) is 1.87. The number of ether oxygens (including phenoxy) is 1. The number of benzene rings is 2. The van der Waals surface area contributed by atoms with Crippen molar-refractivity contribution in [3.63, 3.8) is 0 Å². The molecule has 0 aliphatic carbocycles. The van der Waals surface area contributed by atoms with Crippen molar-refractivity contribution in [3.8, 4) is 17.5 Å². The molecule has 3 heterocycles. The summed E-state index contributed by atoms with van der Waals surface area (Å²) in [7, 11) is 0. The molecular weight excluding hydrogens is 396 g/mol. The Labute approximate surface area is 177 Å². The quantitative estimate of drug-likeness (QED) is 0.479. The lowest BCUT2D eigenvalue weighted by Crippen LogP contribution is -2.40. The molecule has 1 aliphatic rings. The topological polar surface area (TPSA) is 120 Å². The molecule has 0 fully saturated rings. The predicted octanol–water partition coefficient (Wildman–Crippen LogP) is 2.46. The van der Waals surface area contributed by atoms with E-state index in [2.05, 4.69) is 15.6 Å². The Hall–Kier alpha value is -4.01. The van der Waals surface area contributed by atoms with Gasteiger partial charge >= 0.3 is 5.88 Å². The lowest BCUT2D eigenvalue weighted by Gasteiger charge is -2.09. The first-order valence-electron chi connectivity index (χ1n) is 10.1. The standard InChI is InChI=1S/C22H20N6O3/c23-19(29)16-10-6-9-15-17(16)27-31-18(15)20-25-21(24-13-14-7-2-1-3-8-14)22-28(26-20)11-4-5-12-30-22/h1-3,6-10H,4-5,11-13H2,(H2-,23,24,25,26,29)/p+1. The molecular formula is C22H21N6O3+. The number of fused-ring (bicyclic) bond motifs is 2. The van der Waals surface area contributed by atoms with Crippen molar-refractivity contribution in [2.24, 2.45) is 5.73 Å². The third kappa shape index (κ3) is 3.65. The highest BCUT2D eigenvalue weighted by Crippen LogP contribution is 2.30. The molecule has 0 bridgehead atoms. The number of nitrogens with two attached hydrogens (primary N) is 1. The van der Waals surface area contributed by atoms with Gasteiger partial charge in [-0.2, -0.15) is 4.98 Å². The number of carbonyl (C=O) groups excluding carboxylic acids is 1. The summed E-state index contributed by atoms with van der Waals surface area (Å²) >= 11 is 0. The van der Waals surface area contributed by atoms with Crippen molar-refractivity contribution < 1.29 is 18.7 Å². The number of anilines is 1. The summed E-state index contributed by atoms with van der Waals surface area (Å²) in [6, 6.07) is 15.2. The Morgan fingerprint density at radius 2 is 2.00 bits per heavy atom. The lowest BCUT2D eigenvalue weighted by molar-refractivity contribution is -0.754. The van der Waals surface area contributed by atoms with Crippen LogP contribution >= 0.6 is 0 Å². The van der Waals surface area contributed by atoms with Crippen molar-refractivity contribution in [2.75, 3.05) is 11.9 Å². The van der Waals surface area contributed by atoms with E-state index in [1.807, 2.05) is 30.3 Å². The van der Waals surface area contributed by atoms with Crippen LogP contribution in [-0.2, 0) is 13.1 Å². The maximum atomic E-state index is 11.7. The molecule has 0 spiro atoms. The number of aromatic nitrogens is 4. The summed E-state index contributed by atoms with van der Waals surface area (Å²) in [5, 5.41) is 12.7. The van der Waals surface area contributed by atoms with Crippen LogP contribution in [0.3, 0.4) is 0 Å². The third-order valence-electron chi connectivity index (χ3n) is 5.15. The van der Waals surface area contributed by atoms with Crippen LogP contribution in [0, 0.1) is 0 Å². The minimum Gasteiger partial charge on any atom is -0.440 e. The average molecular weight is 417 g/mol. The highest BCUT2D eigenvalue weighted by atomic mass is 16.5. The van der Waals surface area contributed by atoms with E-state index in [1.165, 1.54) is 0 Å². The summed E-state index contributed by atoms with van der Waals surface area (Å²) < 4.78 is 13.3. The van der Waals surface area contributed by atoms with Gasteiger partial charge in [-0.3, -0.25) is 4.79 Å². The number of aryl methyl sites for hydroxylation is 1. The molecule has 5 rings (SSSR count). The average Bonchev–Trinajstić information content (AvgIpc) is 3.08. The molecule has 31 heavy (non-hydrogen) atoms. The first kappa shape index (κ1) is 19.0. The zero-order valence-electron chi connectivity index (χ0n) is 16.7. The number of hydrogen-bond acceptors (Lipinski definition) is 7. The molecule has 0 saturated heterocycles. The van der Waals surface area contributed by atoms with Gasteiger partial charge in [0.05, 0.1) is 17.6 Å². The van der Waals surface area contributed by atoms with Crippen molar-refractivity contribution in [1.82, 2.24) is 15.2 Å². The molecule has 3 N–H and O–H groups in total. The van der Waals surface area contributed by atoms with Crippen molar-refractivity contribution in [2.45, 2.75) is 25.9 Å². The Morgan fingerprint density at radius 1 is 1.13 bits per heavy atom. The Balaban J connectivity index is 1.59. The molecule has 1 amide bonds. The minimum atomic E-state index is -0.568. The van der Waals surface area contributed by atoms with E-state index < -0.39 is 5.91 Å². The first-order chi connectivity index (χ1) is 15.2. The second-order valence-corrected chi connectivity index (χ2v) is 7.28. The number of nitrogens with one attached hydrogen (secondary N) is 1. The van der Waals surface area contributed by atoms with E-state index in [1.54, 1.807) is 22.9 Å². The Kier molecular flexibility index (Phi) is 4.91. The molecule has 4 aromatic rings. The van der Waals surface area contributed by atoms with Gasteiger partial charge in [-0.1, -0.05) is 41.6 Å². The van der Waals surface area contributed by atoms with Gasteiger partial charge in [0.1, 0.15) is 5.52 Å². The summed E-state index contributed by atoms with van der Waals surface area (Å²) in [5.41, 5.74) is 7.27. The monoisotopic (exact) mass is 417 g/mol. The number of amides is 1. The molecule has 2 aromatic carbocycles. The van der Waals surface area contributed by atoms with Crippen molar-refractivity contribution in [1.29, 1.82) is 0 Å². The van der Waals surface area contributed by atoms with Gasteiger partial charge in [0.15, 0.2) is 6.54 Å². The van der Waals surface area contributed by atoms with Crippen LogP contribution in [-0.4, -0.2) is 27.8 Å². The molecule has 0 atom stereocenters. The molecule has 0 saturated carbocycles. The summed E-state index contributed by atoms with van der Waals surface area (Å²) in [4.78, 5) is 16.4. The van der Waals surface area contributed by atoms with Crippen LogP contribution in [0.2, 0.25) is 0 Å². The van der Waals surface area contributed by atoms with Crippen LogP contribution in [0.15, 0.2) is 53.1 Å². The lowest BCUT2D eigenvalue weighted by atomic mass is 10.1. The molecule has 2 aromatic heterocycles. The molecule has 0 radical (unpaired) electrons. The van der Waals surface area contributed by atoms with E-state index in [0.717, 1.165) is 18.4 Å². The van der Waals surface area contributed by atoms with E-state index in [-0.39, 0.29) is 0 Å². The number of rotatable bonds is 5. The van der Waals surface area contributed by atoms with Gasteiger partial charge in [-0.15, -0.1) is 0 Å². The highest BCUT2D eigenvalue weighted by molar-refractivity contribution is 6.07. The van der Waals surface area contributed by atoms with Crippen molar-refractivity contribution in [3.05, 3.63) is 59.7 Å². The maximum absolute atomic E-state index is 11.7. The van der Waals surface area contributed by atoms with Crippen LogP contribution in [0.1, 0.15) is 28.8 Å². The van der Waals surface area contributed by atoms with Crippen LogP contribution in [0.4, 0.5) is 5.82 Å². The Bertz CT molecular complexity index is 1260. The first-order valence-corrected chi connectivity index (χ1v) is 10.1. The zero-order valence-corrected chi connectivity index (χ0v) is 16.7. The molecule has 9 nitrogen and oxygen atoms in total. The fourth-order valence-electron chi connectivity index (χ4n) is 3.60. The fraction of sp³-hybridized carbons (Fsp3) is 0.227. The number of hydrogen-bond donors (Lipinski definition) is 2. The van der Waals surface area contributed by atoms with E-state index >= 15 is 0 Å². The van der Waals surface area contributed by atoms with Gasteiger partial charge in [-0.25, -0.2) is 0 Å². The van der Waals surface area contributed by atoms with Gasteiger partial charge < -0.3 is 20.3 Å². The fourth-order valence-corrected chi connectivity index (χ4v) is 3.60. The highest BCUT2D eigenvalue weighted by Gasteiger charge is 2.29. The summed E-state index contributed by atoms with van der Waals surface area (Å²) in [6.45, 7) is 1.88. The van der Waals surface area contributed by atoms with E-state index in [0.29, 0.717) is 59.4 Å². The smallest absolute Gasteiger partial charge is 0.437 e. The largest absolute Gasteiger partial charge is 0.440 e. The van der Waals surface area contributed by atoms with Crippen molar-refractivity contribution >= 4 is 22.6 Å². The maximum Gasteiger partial charge on any atom is 0.437 e.